The zero-order valence-corrected chi connectivity index (χ0v) is 8.90. The highest BCUT2D eigenvalue weighted by Crippen LogP contribution is 2.31. The largest absolute Gasteiger partial charge is 0.329 e. The van der Waals surface area contributed by atoms with Crippen molar-refractivity contribution >= 4 is 5.69 Å². The van der Waals surface area contributed by atoms with E-state index in [1.807, 2.05) is 0 Å². The van der Waals surface area contributed by atoms with Gasteiger partial charge in [0.05, 0.1) is 11.3 Å². The van der Waals surface area contributed by atoms with Gasteiger partial charge in [-0.15, -0.1) is 0 Å². The van der Waals surface area contributed by atoms with Crippen molar-refractivity contribution in [2.45, 2.75) is 5.66 Å². The molecule has 0 spiro atoms. The molecule has 1 unspecified atom stereocenters. The Balaban J connectivity index is 2.24. The molecule has 0 amide bonds. The number of hydrogen-bond donors (Lipinski definition) is 4. The van der Waals surface area contributed by atoms with Gasteiger partial charge in [0.1, 0.15) is 5.66 Å². The van der Waals surface area contributed by atoms with Crippen LogP contribution >= 0.6 is 0 Å². The quantitative estimate of drug-likeness (QED) is 0.546. The number of fused-ring (bicyclic) bond motifs is 1. The van der Waals surface area contributed by atoms with Gasteiger partial charge in [-0.1, -0.05) is 0 Å². The van der Waals surface area contributed by atoms with Crippen molar-refractivity contribution in [1.29, 1.82) is 0 Å². The number of pyridine rings is 2. The first-order valence-corrected chi connectivity index (χ1v) is 5.16. The summed E-state index contributed by atoms with van der Waals surface area (Å²) >= 11 is 0. The van der Waals surface area contributed by atoms with Crippen LogP contribution in [0.3, 0.4) is 0 Å². The Hall–Kier alpha value is -2.18. The molecule has 1 aliphatic heterocycles. The van der Waals surface area contributed by atoms with Crippen LogP contribution in [-0.4, -0.2) is 9.97 Å². The van der Waals surface area contributed by atoms with Crippen molar-refractivity contribution in [3.63, 3.8) is 0 Å². The number of aromatic amines is 1. The van der Waals surface area contributed by atoms with Gasteiger partial charge in [-0.2, -0.15) is 0 Å². The molecule has 2 aromatic rings. The normalized spacial score (nSPS) is 21.9. The summed E-state index contributed by atoms with van der Waals surface area (Å²) in [7, 11) is 0. The monoisotopic (exact) mass is 229 g/mol. The summed E-state index contributed by atoms with van der Waals surface area (Å²) in [6.45, 7) is 0. The van der Waals surface area contributed by atoms with E-state index in [-0.39, 0.29) is 5.56 Å². The lowest BCUT2D eigenvalue weighted by molar-refractivity contribution is 0.479. The van der Waals surface area contributed by atoms with Gasteiger partial charge in [-0.05, 0) is 23.8 Å². The lowest BCUT2D eigenvalue weighted by Gasteiger charge is -2.23. The Kier molecular flexibility index (Phi) is 2.01. The van der Waals surface area contributed by atoms with Crippen LogP contribution in [0.5, 0.6) is 0 Å². The van der Waals surface area contributed by atoms with Crippen LogP contribution < -0.4 is 22.1 Å². The highest BCUT2D eigenvalue weighted by Gasteiger charge is 2.39. The average Bonchev–Trinajstić information content (AvgIpc) is 2.71. The molecule has 3 heterocycles. The first-order chi connectivity index (χ1) is 8.22. The number of nitrogens with two attached hydrogens (primary N) is 1. The number of rotatable bonds is 1. The summed E-state index contributed by atoms with van der Waals surface area (Å²) in [5.41, 5.74) is 12.8. The van der Waals surface area contributed by atoms with E-state index in [2.05, 4.69) is 20.8 Å². The van der Waals surface area contributed by atoms with Crippen molar-refractivity contribution in [3.8, 4) is 0 Å². The predicted octanol–water partition coefficient (Wildman–Crippen LogP) is -0.140. The third kappa shape index (κ3) is 1.35. The molecule has 0 aromatic carbocycles. The summed E-state index contributed by atoms with van der Waals surface area (Å²) in [6, 6.07) is 5.31. The van der Waals surface area contributed by atoms with Crippen LogP contribution in [0.15, 0.2) is 41.6 Å². The minimum absolute atomic E-state index is 0.209. The zero-order valence-electron chi connectivity index (χ0n) is 8.90. The molecule has 86 valence electrons. The molecule has 0 saturated heterocycles. The Morgan fingerprint density at radius 2 is 2.00 bits per heavy atom. The fourth-order valence-electron chi connectivity index (χ4n) is 2.03. The lowest BCUT2D eigenvalue weighted by Crippen LogP contribution is -2.51. The van der Waals surface area contributed by atoms with E-state index in [0.29, 0.717) is 11.3 Å². The maximum atomic E-state index is 11.9. The van der Waals surface area contributed by atoms with E-state index < -0.39 is 5.66 Å². The van der Waals surface area contributed by atoms with Crippen molar-refractivity contribution in [2.75, 3.05) is 5.43 Å². The average molecular weight is 229 g/mol. The van der Waals surface area contributed by atoms with Crippen LogP contribution in [0, 0.1) is 0 Å². The van der Waals surface area contributed by atoms with E-state index in [0.717, 1.165) is 5.56 Å². The number of hydrogen-bond acceptors (Lipinski definition) is 5. The van der Waals surface area contributed by atoms with Crippen molar-refractivity contribution in [3.05, 3.63) is 58.3 Å². The molecule has 0 aliphatic carbocycles. The van der Waals surface area contributed by atoms with Gasteiger partial charge in [-0.25, -0.2) is 5.43 Å². The zero-order chi connectivity index (χ0) is 11.9. The van der Waals surface area contributed by atoms with Gasteiger partial charge in [0.15, 0.2) is 0 Å². The molecule has 0 saturated carbocycles. The van der Waals surface area contributed by atoms with Gasteiger partial charge in [0.25, 0.3) is 5.56 Å². The topological polar surface area (TPSA) is 95.8 Å². The second kappa shape index (κ2) is 3.41. The summed E-state index contributed by atoms with van der Waals surface area (Å²) in [4.78, 5) is 18.4. The van der Waals surface area contributed by atoms with Crippen LogP contribution in [0.25, 0.3) is 0 Å². The Morgan fingerprint density at radius 1 is 1.24 bits per heavy atom. The molecule has 1 aliphatic rings. The van der Waals surface area contributed by atoms with Gasteiger partial charge in [0, 0.05) is 18.6 Å². The molecular formula is C11H11N5O. The van der Waals surface area contributed by atoms with Crippen LogP contribution in [0.2, 0.25) is 0 Å². The summed E-state index contributed by atoms with van der Waals surface area (Å²) < 4.78 is 0. The molecule has 2 aromatic heterocycles. The van der Waals surface area contributed by atoms with Crippen LogP contribution in [-0.2, 0) is 5.66 Å². The summed E-state index contributed by atoms with van der Waals surface area (Å²) in [5, 5.41) is 0. The maximum Gasteiger partial charge on any atom is 0.256 e. The molecular weight excluding hydrogens is 218 g/mol. The fourth-order valence-corrected chi connectivity index (χ4v) is 2.03. The second-order valence-corrected chi connectivity index (χ2v) is 3.89. The number of aromatic nitrogens is 2. The van der Waals surface area contributed by atoms with E-state index in [9.17, 15) is 4.79 Å². The number of nitrogens with zero attached hydrogens (tertiary/aromatic N) is 1. The maximum absolute atomic E-state index is 11.9. The highest BCUT2D eigenvalue weighted by atomic mass is 16.1. The predicted molar refractivity (Wildman–Crippen MR) is 63.0 cm³/mol. The van der Waals surface area contributed by atoms with Crippen molar-refractivity contribution in [1.82, 2.24) is 15.4 Å². The van der Waals surface area contributed by atoms with Gasteiger partial charge < -0.3 is 16.1 Å². The van der Waals surface area contributed by atoms with Gasteiger partial charge in [0.2, 0.25) is 0 Å². The minimum Gasteiger partial charge on any atom is -0.329 e. The van der Waals surface area contributed by atoms with Crippen molar-refractivity contribution in [2.24, 2.45) is 5.73 Å². The second-order valence-electron chi connectivity index (χ2n) is 3.89. The molecule has 0 fully saturated rings. The molecule has 1 atom stereocenters. The number of H-pyrrole nitrogens is 1. The molecule has 3 rings (SSSR count). The third-order valence-electron chi connectivity index (χ3n) is 2.89. The summed E-state index contributed by atoms with van der Waals surface area (Å²) in [6.07, 6.45) is 4.86. The van der Waals surface area contributed by atoms with E-state index in [1.165, 1.54) is 0 Å². The van der Waals surface area contributed by atoms with Gasteiger partial charge >= 0.3 is 0 Å². The Morgan fingerprint density at radius 3 is 2.76 bits per heavy atom. The van der Waals surface area contributed by atoms with E-state index >= 15 is 0 Å². The van der Waals surface area contributed by atoms with Crippen molar-refractivity contribution < 1.29 is 0 Å². The molecule has 6 heteroatoms. The van der Waals surface area contributed by atoms with Gasteiger partial charge in [-0.3, -0.25) is 9.78 Å². The number of nitrogens with one attached hydrogen (secondary N) is 3. The van der Waals surface area contributed by atoms with E-state index in [4.69, 9.17) is 5.73 Å². The summed E-state index contributed by atoms with van der Waals surface area (Å²) in [5.74, 6) is 0. The SMILES string of the molecule is NC1(c2ccncc2)NNc2cc[nH]c(=O)c21. The molecule has 17 heavy (non-hydrogen) atoms. The Bertz CT molecular complexity index is 609. The first kappa shape index (κ1) is 10.0. The smallest absolute Gasteiger partial charge is 0.256 e. The standard InChI is InChI=1S/C11H11N5O/c12-11(7-1-4-13-5-2-7)9-8(15-16-11)3-6-14-10(9)17/h1-6,15-16H,12H2,(H,14,17). The first-order valence-electron chi connectivity index (χ1n) is 5.16. The lowest BCUT2D eigenvalue weighted by atomic mass is 9.95. The molecule has 0 bridgehead atoms. The van der Waals surface area contributed by atoms with Crippen LogP contribution in [0.1, 0.15) is 11.1 Å². The van der Waals surface area contributed by atoms with Crippen LogP contribution in [0.4, 0.5) is 5.69 Å². The highest BCUT2D eigenvalue weighted by molar-refractivity contribution is 5.59. The number of hydrazine groups is 1. The third-order valence-corrected chi connectivity index (χ3v) is 2.89. The number of anilines is 1. The molecule has 0 radical (unpaired) electrons. The fraction of sp³-hybridized carbons (Fsp3) is 0.0909. The minimum atomic E-state index is -1.03. The Labute approximate surface area is 96.9 Å². The molecule has 5 N–H and O–H groups in total. The molecule has 6 nitrogen and oxygen atoms in total. The van der Waals surface area contributed by atoms with E-state index in [1.54, 1.807) is 36.8 Å².